The fraction of sp³-hybridized carbons (Fsp3) is 0.438. The van der Waals surface area contributed by atoms with Crippen molar-refractivity contribution in [1.82, 2.24) is 14.1 Å². The van der Waals surface area contributed by atoms with E-state index in [1.807, 2.05) is 6.92 Å². The van der Waals surface area contributed by atoms with Crippen molar-refractivity contribution in [2.45, 2.75) is 37.5 Å². The molecular formula is C16H19F2N3O3S. The molecule has 1 aromatic carbocycles. The maximum Gasteiger partial charge on any atom is 0.333 e. The van der Waals surface area contributed by atoms with Gasteiger partial charge in [-0.15, -0.1) is 0 Å². The summed E-state index contributed by atoms with van der Waals surface area (Å²) in [5.74, 6) is 0. The largest absolute Gasteiger partial charge is 0.368 e. The molecule has 6 nitrogen and oxygen atoms in total. The second-order valence-electron chi connectivity index (χ2n) is 6.10. The van der Waals surface area contributed by atoms with E-state index in [0.717, 1.165) is 5.56 Å². The Labute approximate surface area is 145 Å². The summed E-state index contributed by atoms with van der Waals surface area (Å²) in [7, 11) is -3.68. The standard InChI is InChI=1S/C16H19F2N3O3S/c1-11-3-5-14(6-4-11)25(22,23)20-8-12(2)24-15(10-20)13-7-19-21(9-13)16(17)18/h3-7,9,12,15-16H,8,10H2,1-2H3/t12-,15-/m1/s1. The van der Waals surface area contributed by atoms with Gasteiger partial charge in [0.25, 0.3) is 0 Å². The number of aromatic nitrogens is 2. The van der Waals surface area contributed by atoms with Gasteiger partial charge in [-0.2, -0.15) is 18.2 Å². The zero-order chi connectivity index (χ0) is 18.2. The minimum atomic E-state index is -3.68. The monoisotopic (exact) mass is 371 g/mol. The third kappa shape index (κ3) is 3.73. The van der Waals surface area contributed by atoms with Gasteiger partial charge in [0.05, 0.1) is 23.3 Å². The summed E-state index contributed by atoms with van der Waals surface area (Å²) in [5.41, 5.74) is 1.39. The van der Waals surface area contributed by atoms with Crippen LogP contribution in [0.3, 0.4) is 0 Å². The first-order valence-corrected chi connectivity index (χ1v) is 9.26. The fourth-order valence-corrected chi connectivity index (χ4v) is 4.29. The van der Waals surface area contributed by atoms with Gasteiger partial charge < -0.3 is 4.74 Å². The Kier molecular flexibility index (Phi) is 4.90. The molecule has 0 unspecified atom stereocenters. The predicted octanol–water partition coefficient (Wildman–Crippen LogP) is 2.74. The summed E-state index contributed by atoms with van der Waals surface area (Å²) in [4.78, 5) is 0.203. The average Bonchev–Trinajstić information content (AvgIpc) is 3.05. The molecule has 1 fully saturated rings. The Balaban J connectivity index is 1.85. The average molecular weight is 371 g/mol. The highest BCUT2D eigenvalue weighted by atomic mass is 32.2. The molecule has 0 amide bonds. The van der Waals surface area contributed by atoms with Crippen LogP contribution in [-0.2, 0) is 14.8 Å². The van der Waals surface area contributed by atoms with Gasteiger partial charge >= 0.3 is 6.55 Å². The minimum absolute atomic E-state index is 0.0511. The predicted molar refractivity (Wildman–Crippen MR) is 86.7 cm³/mol. The van der Waals surface area contributed by atoms with Crippen LogP contribution in [0, 0.1) is 6.92 Å². The van der Waals surface area contributed by atoms with E-state index >= 15 is 0 Å². The molecule has 1 aromatic heterocycles. The second kappa shape index (κ2) is 6.81. The lowest BCUT2D eigenvalue weighted by atomic mass is 10.1. The van der Waals surface area contributed by atoms with E-state index in [1.54, 1.807) is 31.2 Å². The Morgan fingerprint density at radius 1 is 1.24 bits per heavy atom. The molecule has 9 heteroatoms. The molecule has 0 N–H and O–H groups in total. The number of alkyl halides is 2. The number of halogens is 2. The molecule has 2 aromatic rings. The molecule has 1 aliphatic rings. The molecule has 0 radical (unpaired) electrons. The molecule has 1 aliphatic heterocycles. The van der Waals surface area contributed by atoms with Crippen LogP contribution in [0.1, 0.15) is 30.7 Å². The molecule has 3 rings (SSSR count). The van der Waals surface area contributed by atoms with Gasteiger partial charge in [0, 0.05) is 24.8 Å². The summed E-state index contributed by atoms with van der Waals surface area (Å²) in [6.45, 7) is 1.14. The van der Waals surface area contributed by atoms with E-state index in [0.29, 0.717) is 10.2 Å². The number of hydrogen-bond acceptors (Lipinski definition) is 4. The van der Waals surface area contributed by atoms with Crippen LogP contribution in [-0.4, -0.2) is 41.7 Å². The molecule has 0 bridgehead atoms. The van der Waals surface area contributed by atoms with Crippen molar-refractivity contribution >= 4 is 10.0 Å². The first-order valence-electron chi connectivity index (χ1n) is 7.82. The zero-order valence-corrected chi connectivity index (χ0v) is 14.7. The van der Waals surface area contributed by atoms with Crippen LogP contribution in [0.25, 0.3) is 0 Å². The van der Waals surface area contributed by atoms with Crippen molar-refractivity contribution in [3.63, 3.8) is 0 Å². The Morgan fingerprint density at radius 3 is 2.52 bits per heavy atom. The summed E-state index contributed by atoms with van der Waals surface area (Å²) in [5, 5.41) is 3.59. The van der Waals surface area contributed by atoms with E-state index in [9.17, 15) is 17.2 Å². The number of aryl methyl sites for hydroxylation is 1. The number of morpholine rings is 1. The van der Waals surface area contributed by atoms with Crippen molar-refractivity contribution in [3.8, 4) is 0 Å². The first kappa shape index (κ1) is 18.0. The highest BCUT2D eigenvalue weighted by Gasteiger charge is 2.35. The number of sulfonamides is 1. The summed E-state index contributed by atoms with van der Waals surface area (Å²) in [6.07, 6.45) is 1.46. The maximum atomic E-state index is 12.9. The van der Waals surface area contributed by atoms with E-state index in [-0.39, 0.29) is 24.1 Å². The van der Waals surface area contributed by atoms with Crippen LogP contribution in [0.4, 0.5) is 8.78 Å². The molecule has 0 spiro atoms. The third-order valence-corrected chi connectivity index (χ3v) is 5.92. The minimum Gasteiger partial charge on any atom is -0.368 e. The van der Waals surface area contributed by atoms with E-state index in [1.165, 1.54) is 16.7 Å². The topological polar surface area (TPSA) is 64.4 Å². The van der Waals surface area contributed by atoms with Crippen molar-refractivity contribution in [3.05, 3.63) is 47.8 Å². The number of ether oxygens (including phenoxy) is 1. The zero-order valence-electron chi connectivity index (χ0n) is 13.8. The van der Waals surface area contributed by atoms with E-state index in [2.05, 4.69) is 5.10 Å². The number of rotatable bonds is 4. The van der Waals surface area contributed by atoms with Gasteiger partial charge in [0.1, 0.15) is 0 Å². The third-order valence-electron chi connectivity index (χ3n) is 4.08. The lowest BCUT2D eigenvalue weighted by molar-refractivity contribution is -0.0558. The first-order chi connectivity index (χ1) is 11.8. The Hall–Kier alpha value is -1.84. The molecule has 0 saturated carbocycles. The van der Waals surface area contributed by atoms with Crippen LogP contribution >= 0.6 is 0 Å². The number of benzene rings is 1. The normalized spacial score (nSPS) is 22.4. The Morgan fingerprint density at radius 2 is 1.92 bits per heavy atom. The lowest BCUT2D eigenvalue weighted by Crippen LogP contribution is -2.45. The summed E-state index contributed by atoms with van der Waals surface area (Å²) < 4.78 is 58.7. The smallest absolute Gasteiger partial charge is 0.333 e. The summed E-state index contributed by atoms with van der Waals surface area (Å²) >= 11 is 0. The Bertz CT molecular complexity index is 837. The van der Waals surface area contributed by atoms with Gasteiger partial charge in [0.15, 0.2) is 0 Å². The van der Waals surface area contributed by atoms with Crippen molar-refractivity contribution in [2.24, 2.45) is 0 Å². The molecular weight excluding hydrogens is 352 g/mol. The van der Waals surface area contributed by atoms with Crippen LogP contribution < -0.4 is 0 Å². The van der Waals surface area contributed by atoms with Gasteiger partial charge in [-0.25, -0.2) is 13.1 Å². The molecule has 0 aliphatic carbocycles. The number of hydrogen-bond donors (Lipinski definition) is 0. The maximum absolute atomic E-state index is 12.9. The number of nitrogens with zero attached hydrogens (tertiary/aromatic N) is 3. The quantitative estimate of drug-likeness (QED) is 0.829. The van der Waals surface area contributed by atoms with E-state index < -0.39 is 22.7 Å². The molecule has 2 heterocycles. The molecule has 1 saturated heterocycles. The van der Waals surface area contributed by atoms with Gasteiger partial charge in [-0.3, -0.25) is 0 Å². The van der Waals surface area contributed by atoms with Crippen LogP contribution in [0.15, 0.2) is 41.6 Å². The van der Waals surface area contributed by atoms with Crippen LogP contribution in [0.5, 0.6) is 0 Å². The van der Waals surface area contributed by atoms with Gasteiger partial charge in [0.2, 0.25) is 10.0 Å². The van der Waals surface area contributed by atoms with E-state index in [4.69, 9.17) is 4.74 Å². The molecule has 25 heavy (non-hydrogen) atoms. The second-order valence-corrected chi connectivity index (χ2v) is 8.04. The van der Waals surface area contributed by atoms with Crippen molar-refractivity contribution in [1.29, 1.82) is 0 Å². The summed E-state index contributed by atoms with van der Waals surface area (Å²) in [6, 6.07) is 6.60. The highest BCUT2D eigenvalue weighted by molar-refractivity contribution is 7.89. The van der Waals surface area contributed by atoms with Gasteiger partial charge in [-0.1, -0.05) is 17.7 Å². The highest BCUT2D eigenvalue weighted by Crippen LogP contribution is 2.29. The molecule has 136 valence electrons. The molecule has 2 atom stereocenters. The SMILES string of the molecule is Cc1ccc(S(=O)(=O)N2C[C@@H](C)O[C@@H](c3cnn(C(F)F)c3)C2)cc1. The van der Waals surface area contributed by atoms with Crippen LogP contribution in [0.2, 0.25) is 0 Å². The fourth-order valence-electron chi connectivity index (χ4n) is 2.78. The van der Waals surface area contributed by atoms with Crippen molar-refractivity contribution in [2.75, 3.05) is 13.1 Å². The lowest BCUT2D eigenvalue weighted by Gasteiger charge is -2.35. The van der Waals surface area contributed by atoms with Crippen molar-refractivity contribution < 1.29 is 21.9 Å². The van der Waals surface area contributed by atoms with Gasteiger partial charge in [-0.05, 0) is 26.0 Å².